The Morgan fingerprint density at radius 1 is 1.19 bits per heavy atom. The molecule has 2 aromatic rings. The zero-order chi connectivity index (χ0) is 22.7. The van der Waals surface area contributed by atoms with Gasteiger partial charge in [-0.25, -0.2) is 12.7 Å². The number of aromatic nitrogens is 1. The Morgan fingerprint density at radius 2 is 1.90 bits per heavy atom. The first-order valence-corrected chi connectivity index (χ1v) is 11.5. The molecular formula is C21H26N4O5S. The molecule has 1 aromatic heterocycles. The lowest BCUT2D eigenvalue weighted by Crippen LogP contribution is -2.42. The molecule has 2 N–H and O–H groups in total. The van der Waals surface area contributed by atoms with Crippen molar-refractivity contribution < 1.29 is 22.7 Å². The molecule has 10 heteroatoms. The second-order valence-electron chi connectivity index (χ2n) is 8.49. The van der Waals surface area contributed by atoms with Gasteiger partial charge in [-0.1, -0.05) is 13.8 Å². The molecule has 2 aliphatic rings. The summed E-state index contributed by atoms with van der Waals surface area (Å²) in [5.74, 6) is -0.402. The number of amides is 2. The molecule has 0 aliphatic carbocycles. The third kappa shape index (κ3) is 3.39. The summed E-state index contributed by atoms with van der Waals surface area (Å²) >= 11 is 0. The van der Waals surface area contributed by atoms with E-state index in [2.05, 4.69) is 10.3 Å². The van der Waals surface area contributed by atoms with Gasteiger partial charge in [0.1, 0.15) is 11.4 Å². The molecule has 0 spiro atoms. The van der Waals surface area contributed by atoms with Crippen molar-refractivity contribution in [3.05, 3.63) is 41.2 Å². The van der Waals surface area contributed by atoms with Crippen LogP contribution in [0.3, 0.4) is 0 Å². The van der Waals surface area contributed by atoms with Gasteiger partial charge in [-0.3, -0.25) is 9.59 Å². The van der Waals surface area contributed by atoms with Crippen LogP contribution in [0, 0.1) is 5.92 Å². The molecule has 31 heavy (non-hydrogen) atoms. The van der Waals surface area contributed by atoms with E-state index >= 15 is 0 Å². The van der Waals surface area contributed by atoms with Crippen LogP contribution >= 0.6 is 0 Å². The SMILES string of the molecule is CC(C)C1Oc2c(cc(S(=O)(=O)N(C)C)cc2C2CN(C)C(=O)c3[nH]ccc32)NC1=O. The molecule has 9 nitrogen and oxygen atoms in total. The average Bonchev–Trinajstić information content (AvgIpc) is 3.19. The second kappa shape index (κ2) is 7.38. The van der Waals surface area contributed by atoms with Crippen LogP contribution in [0.25, 0.3) is 0 Å². The lowest BCUT2D eigenvalue weighted by atomic mass is 9.86. The van der Waals surface area contributed by atoms with E-state index < -0.39 is 16.1 Å². The Labute approximate surface area is 181 Å². The first-order chi connectivity index (χ1) is 14.5. The maximum Gasteiger partial charge on any atom is 0.270 e. The highest BCUT2D eigenvalue weighted by atomic mass is 32.2. The zero-order valence-electron chi connectivity index (χ0n) is 18.1. The Kier molecular flexibility index (Phi) is 5.09. The van der Waals surface area contributed by atoms with Crippen LogP contribution in [-0.2, 0) is 14.8 Å². The number of likely N-dealkylation sites (N-methyl/N-ethyl adjacent to an activating group) is 1. The summed E-state index contributed by atoms with van der Waals surface area (Å²) in [7, 11) is 0.839. The quantitative estimate of drug-likeness (QED) is 0.744. The smallest absolute Gasteiger partial charge is 0.270 e. The number of hydrogen-bond donors (Lipinski definition) is 2. The number of aromatic amines is 1. The number of rotatable bonds is 4. The van der Waals surface area contributed by atoms with Crippen molar-refractivity contribution in [3.63, 3.8) is 0 Å². The van der Waals surface area contributed by atoms with E-state index in [0.29, 0.717) is 29.2 Å². The molecule has 4 rings (SSSR count). The minimum atomic E-state index is -3.77. The summed E-state index contributed by atoms with van der Waals surface area (Å²) in [6, 6.07) is 4.85. The van der Waals surface area contributed by atoms with Crippen molar-refractivity contribution in [3.8, 4) is 5.75 Å². The number of benzene rings is 1. The number of nitrogens with one attached hydrogen (secondary N) is 2. The number of hydrogen-bond acceptors (Lipinski definition) is 5. The van der Waals surface area contributed by atoms with Gasteiger partial charge in [-0.05, 0) is 29.7 Å². The number of nitrogens with zero attached hydrogens (tertiary/aromatic N) is 2. The first-order valence-electron chi connectivity index (χ1n) is 10.0. The van der Waals surface area contributed by atoms with Gasteiger partial charge >= 0.3 is 0 Å². The van der Waals surface area contributed by atoms with Gasteiger partial charge in [0.15, 0.2) is 6.10 Å². The van der Waals surface area contributed by atoms with Gasteiger partial charge in [0, 0.05) is 45.4 Å². The maximum atomic E-state index is 12.9. The number of carbonyl (C=O) groups excluding carboxylic acids is 2. The van der Waals surface area contributed by atoms with E-state index in [0.717, 1.165) is 9.87 Å². The molecule has 166 valence electrons. The standard InChI is InChI=1S/C21H26N4O5S/c1-11(2)18-20(26)23-16-9-12(31(28,29)24(3)4)8-14(19(16)30-18)15-10-25(5)21(27)17-13(15)6-7-22-17/h6-9,11,15,18,22H,10H2,1-5H3,(H,23,26). The van der Waals surface area contributed by atoms with E-state index in [9.17, 15) is 18.0 Å². The van der Waals surface area contributed by atoms with E-state index in [1.165, 1.54) is 20.2 Å². The molecule has 1 aromatic carbocycles. The summed E-state index contributed by atoms with van der Waals surface area (Å²) in [4.78, 5) is 29.8. The van der Waals surface area contributed by atoms with Gasteiger partial charge in [-0.2, -0.15) is 0 Å². The molecule has 2 unspecified atom stereocenters. The van der Waals surface area contributed by atoms with E-state index in [4.69, 9.17) is 4.74 Å². The summed E-state index contributed by atoms with van der Waals surface area (Å²) in [5, 5.41) is 2.82. The van der Waals surface area contributed by atoms with E-state index in [-0.39, 0.29) is 28.5 Å². The number of anilines is 1. The predicted octanol–water partition coefficient (Wildman–Crippen LogP) is 1.84. The lowest BCUT2D eigenvalue weighted by Gasteiger charge is -2.35. The van der Waals surface area contributed by atoms with Crippen molar-refractivity contribution in [2.45, 2.75) is 30.8 Å². The Balaban J connectivity index is 1.95. The fraction of sp³-hybridized carbons (Fsp3) is 0.429. The Hall–Kier alpha value is -2.85. The number of carbonyl (C=O) groups is 2. The van der Waals surface area contributed by atoms with Crippen LogP contribution in [-0.4, -0.2) is 68.2 Å². The van der Waals surface area contributed by atoms with Crippen molar-refractivity contribution >= 4 is 27.5 Å². The highest BCUT2D eigenvalue weighted by Crippen LogP contribution is 2.44. The maximum absolute atomic E-state index is 12.9. The third-order valence-electron chi connectivity index (χ3n) is 5.78. The molecule has 0 radical (unpaired) electrons. The highest BCUT2D eigenvalue weighted by molar-refractivity contribution is 7.89. The van der Waals surface area contributed by atoms with Gasteiger partial charge < -0.3 is 19.9 Å². The first kappa shape index (κ1) is 21.4. The summed E-state index contributed by atoms with van der Waals surface area (Å²) in [6.45, 7) is 4.12. The largest absolute Gasteiger partial charge is 0.478 e. The fourth-order valence-corrected chi connectivity index (χ4v) is 5.02. The minimum absolute atomic E-state index is 0.0507. The topological polar surface area (TPSA) is 112 Å². The second-order valence-corrected chi connectivity index (χ2v) is 10.6. The molecule has 2 amide bonds. The van der Waals surface area contributed by atoms with E-state index in [1.807, 2.05) is 19.9 Å². The molecule has 2 aliphatic heterocycles. The molecule has 0 saturated heterocycles. The summed E-state index contributed by atoms with van der Waals surface area (Å²) in [6.07, 6.45) is 0.998. The van der Waals surface area contributed by atoms with Gasteiger partial charge in [-0.15, -0.1) is 0 Å². The average molecular weight is 447 g/mol. The monoisotopic (exact) mass is 446 g/mol. The number of ether oxygens (including phenoxy) is 1. The number of sulfonamides is 1. The third-order valence-corrected chi connectivity index (χ3v) is 7.58. The van der Waals surface area contributed by atoms with Crippen LogP contribution in [0.15, 0.2) is 29.3 Å². The fourth-order valence-electron chi connectivity index (χ4n) is 4.06. The van der Waals surface area contributed by atoms with Crippen LogP contribution in [0.1, 0.15) is 41.4 Å². The Bertz CT molecular complexity index is 1170. The van der Waals surface area contributed by atoms with Crippen molar-refractivity contribution in [2.75, 3.05) is 33.0 Å². The molecule has 0 fully saturated rings. The van der Waals surface area contributed by atoms with Gasteiger partial charge in [0.2, 0.25) is 10.0 Å². The van der Waals surface area contributed by atoms with E-state index in [1.54, 1.807) is 24.2 Å². The molecular weight excluding hydrogens is 420 g/mol. The molecule has 3 heterocycles. The zero-order valence-corrected chi connectivity index (χ0v) is 18.9. The van der Waals surface area contributed by atoms with Crippen LogP contribution < -0.4 is 10.1 Å². The lowest BCUT2D eigenvalue weighted by molar-refractivity contribution is -0.125. The van der Waals surface area contributed by atoms with Crippen molar-refractivity contribution in [2.24, 2.45) is 5.92 Å². The predicted molar refractivity (Wildman–Crippen MR) is 115 cm³/mol. The minimum Gasteiger partial charge on any atom is -0.478 e. The Morgan fingerprint density at radius 3 is 2.55 bits per heavy atom. The number of fused-ring (bicyclic) bond motifs is 2. The van der Waals surface area contributed by atoms with Gasteiger partial charge in [0.25, 0.3) is 11.8 Å². The van der Waals surface area contributed by atoms with Gasteiger partial charge in [0.05, 0.1) is 10.6 Å². The van der Waals surface area contributed by atoms with Crippen LogP contribution in [0.4, 0.5) is 5.69 Å². The molecule has 0 saturated carbocycles. The number of H-pyrrole nitrogens is 1. The van der Waals surface area contributed by atoms with Crippen LogP contribution in [0.5, 0.6) is 5.75 Å². The highest BCUT2D eigenvalue weighted by Gasteiger charge is 2.38. The normalized spacial score (nSPS) is 21.1. The van der Waals surface area contributed by atoms with Crippen molar-refractivity contribution in [1.29, 1.82) is 0 Å². The summed E-state index contributed by atoms with van der Waals surface area (Å²) in [5.41, 5.74) is 2.17. The molecule has 2 atom stereocenters. The summed E-state index contributed by atoms with van der Waals surface area (Å²) < 4.78 is 33.1. The van der Waals surface area contributed by atoms with Crippen molar-refractivity contribution in [1.82, 2.24) is 14.2 Å². The molecule has 0 bridgehead atoms. The van der Waals surface area contributed by atoms with Crippen LogP contribution in [0.2, 0.25) is 0 Å².